The second-order valence-corrected chi connectivity index (χ2v) is 6.15. The second-order valence-electron chi connectivity index (χ2n) is 6.15. The minimum absolute atomic E-state index is 0.0383. The van der Waals surface area contributed by atoms with Crippen LogP contribution in [-0.2, 0) is 5.41 Å². The predicted octanol–water partition coefficient (Wildman–Crippen LogP) is 5.12. The molecule has 0 atom stereocenters. The lowest BCUT2D eigenvalue weighted by atomic mass is 9.87. The molecule has 0 saturated carbocycles. The van der Waals surface area contributed by atoms with E-state index in [4.69, 9.17) is 0 Å². The number of benzene rings is 2. The van der Waals surface area contributed by atoms with Gasteiger partial charge in [0.2, 0.25) is 0 Å². The molecule has 0 radical (unpaired) electrons. The highest BCUT2D eigenvalue weighted by Gasteiger charge is 2.15. The van der Waals surface area contributed by atoms with Gasteiger partial charge >= 0.3 is 0 Å². The van der Waals surface area contributed by atoms with Crippen molar-refractivity contribution in [1.82, 2.24) is 0 Å². The van der Waals surface area contributed by atoms with E-state index in [-0.39, 0.29) is 16.9 Å². The molecule has 0 fully saturated rings. The van der Waals surface area contributed by atoms with E-state index in [2.05, 4.69) is 31.0 Å². The summed E-state index contributed by atoms with van der Waals surface area (Å²) in [7, 11) is 0. The fraction of sp³-hybridized carbons (Fsp3) is 0.294. The van der Waals surface area contributed by atoms with Crippen molar-refractivity contribution in [2.45, 2.75) is 33.1 Å². The van der Waals surface area contributed by atoms with E-state index in [9.17, 15) is 10.2 Å². The standard InChI is InChI=1S/C17H20N2O2/c1-11-5-7-15(20)13(9-11)18-19-14-10-12(17(2,3)4)6-8-16(14)21/h5-10,20-21H,1-4H3. The lowest BCUT2D eigenvalue weighted by Crippen LogP contribution is -2.10. The fourth-order valence-electron chi connectivity index (χ4n) is 1.89. The van der Waals surface area contributed by atoms with Crippen LogP contribution in [0.4, 0.5) is 11.4 Å². The molecule has 2 aromatic carbocycles. The lowest BCUT2D eigenvalue weighted by molar-refractivity contribution is 0.473. The number of hydrogen-bond acceptors (Lipinski definition) is 4. The zero-order valence-electron chi connectivity index (χ0n) is 12.8. The van der Waals surface area contributed by atoms with Crippen LogP contribution >= 0.6 is 0 Å². The molecule has 0 saturated heterocycles. The molecule has 2 aromatic rings. The Labute approximate surface area is 124 Å². The first-order valence-electron chi connectivity index (χ1n) is 6.82. The van der Waals surface area contributed by atoms with E-state index in [0.717, 1.165) is 11.1 Å². The Kier molecular flexibility index (Phi) is 3.98. The van der Waals surface area contributed by atoms with E-state index >= 15 is 0 Å². The zero-order valence-corrected chi connectivity index (χ0v) is 12.8. The molecule has 4 nitrogen and oxygen atoms in total. The SMILES string of the molecule is Cc1ccc(O)c(N=Nc2cc(C(C)(C)C)ccc2O)c1. The van der Waals surface area contributed by atoms with E-state index < -0.39 is 0 Å². The molecule has 4 heteroatoms. The van der Waals surface area contributed by atoms with Gasteiger partial charge in [0.05, 0.1) is 0 Å². The molecule has 0 spiro atoms. The fourth-order valence-corrected chi connectivity index (χ4v) is 1.89. The van der Waals surface area contributed by atoms with E-state index in [1.165, 1.54) is 0 Å². The number of aromatic hydroxyl groups is 2. The number of azo groups is 1. The normalized spacial score (nSPS) is 12.0. The van der Waals surface area contributed by atoms with Gasteiger partial charge in [-0.15, -0.1) is 10.2 Å². The first-order valence-corrected chi connectivity index (χ1v) is 6.82. The summed E-state index contributed by atoms with van der Waals surface area (Å²) >= 11 is 0. The molecule has 0 heterocycles. The van der Waals surface area contributed by atoms with Gasteiger partial charge in [0.15, 0.2) is 0 Å². The summed E-state index contributed by atoms with van der Waals surface area (Å²) in [5.41, 5.74) is 2.78. The van der Waals surface area contributed by atoms with Crippen LogP contribution in [-0.4, -0.2) is 10.2 Å². The first kappa shape index (κ1) is 15.0. The molecule has 0 aliphatic carbocycles. The maximum absolute atomic E-state index is 9.89. The Morgan fingerprint density at radius 3 is 1.90 bits per heavy atom. The van der Waals surface area contributed by atoms with Crippen LogP contribution in [0.2, 0.25) is 0 Å². The van der Waals surface area contributed by atoms with Crippen LogP contribution in [0.5, 0.6) is 11.5 Å². The van der Waals surface area contributed by atoms with Crippen LogP contribution < -0.4 is 0 Å². The Bertz CT molecular complexity index is 686. The van der Waals surface area contributed by atoms with Gasteiger partial charge in [-0.1, -0.05) is 32.9 Å². The number of aryl methyl sites for hydroxylation is 1. The van der Waals surface area contributed by atoms with Crippen molar-refractivity contribution >= 4 is 11.4 Å². The minimum atomic E-state index is -0.0383. The Morgan fingerprint density at radius 1 is 0.810 bits per heavy atom. The van der Waals surface area contributed by atoms with Gasteiger partial charge < -0.3 is 10.2 Å². The topological polar surface area (TPSA) is 65.2 Å². The van der Waals surface area contributed by atoms with Crippen molar-refractivity contribution in [2.75, 3.05) is 0 Å². The summed E-state index contributed by atoms with van der Waals surface area (Å²) in [6.45, 7) is 8.18. The van der Waals surface area contributed by atoms with Crippen molar-refractivity contribution in [1.29, 1.82) is 0 Å². The van der Waals surface area contributed by atoms with Gasteiger partial charge in [0, 0.05) is 0 Å². The molecule has 0 unspecified atom stereocenters. The molecule has 0 aliphatic heterocycles. The van der Waals surface area contributed by atoms with Gasteiger partial charge in [-0.3, -0.25) is 0 Å². The first-order chi connectivity index (χ1) is 9.77. The van der Waals surface area contributed by atoms with Crippen molar-refractivity contribution in [3.8, 4) is 11.5 Å². The summed E-state index contributed by atoms with van der Waals surface area (Å²) in [5, 5.41) is 27.7. The highest BCUT2D eigenvalue weighted by atomic mass is 16.3. The Hall–Kier alpha value is -2.36. The predicted molar refractivity (Wildman–Crippen MR) is 83.8 cm³/mol. The molecule has 110 valence electrons. The second kappa shape index (κ2) is 5.56. The highest BCUT2D eigenvalue weighted by molar-refractivity contribution is 5.56. The number of phenolic OH excluding ortho intramolecular Hbond substituents is 2. The van der Waals surface area contributed by atoms with Crippen LogP contribution in [0, 0.1) is 6.92 Å². The molecule has 0 aromatic heterocycles. The molecule has 2 N–H and O–H groups in total. The van der Waals surface area contributed by atoms with Gasteiger partial charge in [0.1, 0.15) is 22.9 Å². The highest BCUT2D eigenvalue weighted by Crippen LogP contribution is 2.35. The van der Waals surface area contributed by atoms with Crippen molar-refractivity contribution < 1.29 is 10.2 Å². The molecule has 21 heavy (non-hydrogen) atoms. The summed E-state index contributed by atoms with van der Waals surface area (Å²) in [5.74, 6) is 0.134. The molecular formula is C17H20N2O2. The average molecular weight is 284 g/mol. The van der Waals surface area contributed by atoms with Crippen molar-refractivity contribution in [3.05, 3.63) is 47.5 Å². The van der Waals surface area contributed by atoms with Crippen molar-refractivity contribution in [2.24, 2.45) is 10.2 Å². The molecular weight excluding hydrogens is 264 g/mol. The summed E-state index contributed by atoms with van der Waals surface area (Å²) in [6, 6.07) is 10.4. The maximum Gasteiger partial charge on any atom is 0.143 e. The molecule has 0 amide bonds. The quantitative estimate of drug-likeness (QED) is 0.752. The van der Waals surface area contributed by atoms with Crippen LogP contribution in [0.1, 0.15) is 31.9 Å². The van der Waals surface area contributed by atoms with Crippen molar-refractivity contribution in [3.63, 3.8) is 0 Å². The zero-order chi connectivity index (χ0) is 15.6. The molecule has 0 aliphatic rings. The summed E-state index contributed by atoms with van der Waals surface area (Å²) in [6.07, 6.45) is 0. The average Bonchev–Trinajstić information content (AvgIpc) is 2.40. The summed E-state index contributed by atoms with van der Waals surface area (Å²) < 4.78 is 0. The molecule has 2 rings (SSSR count). The Balaban J connectivity index is 2.39. The van der Waals surface area contributed by atoms with Crippen LogP contribution in [0.15, 0.2) is 46.6 Å². The smallest absolute Gasteiger partial charge is 0.143 e. The number of nitrogens with zero attached hydrogens (tertiary/aromatic N) is 2. The number of rotatable bonds is 2. The van der Waals surface area contributed by atoms with E-state index in [1.807, 2.05) is 19.1 Å². The van der Waals surface area contributed by atoms with Gasteiger partial charge in [-0.05, 0) is 47.7 Å². The third-order valence-corrected chi connectivity index (χ3v) is 3.24. The maximum atomic E-state index is 9.89. The van der Waals surface area contributed by atoms with E-state index in [1.54, 1.807) is 24.3 Å². The third-order valence-electron chi connectivity index (χ3n) is 3.24. The third kappa shape index (κ3) is 3.60. The Morgan fingerprint density at radius 2 is 1.33 bits per heavy atom. The van der Waals surface area contributed by atoms with E-state index in [0.29, 0.717) is 11.4 Å². The van der Waals surface area contributed by atoms with Gasteiger partial charge in [-0.25, -0.2) is 0 Å². The van der Waals surface area contributed by atoms with Crippen LogP contribution in [0.25, 0.3) is 0 Å². The lowest BCUT2D eigenvalue weighted by Gasteiger charge is -2.19. The number of phenols is 2. The molecule has 0 bridgehead atoms. The number of hydrogen-bond donors (Lipinski definition) is 2. The minimum Gasteiger partial charge on any atom is -0.506 e. The van der Waals surface area contributed by atoms with Crippen LogP contribution in [0.3, 0.4) is 0 Å². The van der Waals surface area contributed by atoms with Gasteiger partial charge in [0.25, 0.3) is 0 Å². The summed E-state index contributed by atoms with van der Waals surface area (Å²) in [4.78, 5) is 0. The monoisotopic (exact) mass is 284 g/mol. The largest absolute Gasteiger partial charge is 0.506 e. The van der Waals surface area contributed by atoms with Gasteiger partial charge in [-0.2, -0.15) is 0 Å².